The number of aryl methyl sites for hydroxylation is 1. The highest BCUT2D eigenvalue weighted by molar-refractivity contribution is 6.31. The molecule has 1 aromatic carbocycles. The number of carbonyl (C=O) groups is 1. The van der Waals surface area contributed by atoms with Gasteiger partial charge in [-0.1, -0.05) is 11.6 Å². The minimum absolute atomic E-state index is 0.0850. The Labute approximate surface area is 132 Å². The van der Waals surface area contributed by atoms with Gasteiger partial charge in [-0.15, -0.1) is 0 Å². The van der Waals surface area contributed by atoms with Gasteiger partial charge in [-0.05, 0) is 25.1 Å². The third-order valence-electron chi connectivity index (χ3n) is 3.43. The van der Waals surface area contributed by atoms with Crippen molar-refractivity contribution in [2.75, 3.05) is 7.05 Å². The van der Waals surface area contributed by atoms with Crippen LogP contribution < -0.4 is 0 Å². The number of nitrogens with zero attached hydrogens (tertiary/aromatic N) is 4. The fourth-order valence-corrected chi connectivity index (χ4v) is 2.45. The van der Waals surface area contributed by atoms with E-state index in [2.05, 4.69) is 15.1 Å². The largest absolute Gasteiger partial charge is 0.340 e. The monoisotopic (exact) mass is 317 g/mol. The van der Waals surface area contributed by atoms with E-state index >= 15 is 0 Å². The van der Waals surface area contributed by atoms with Crippen molar-refractivity contribution in [3.8, 4) is 0 Å². The number of amides is 1. The van der Waals surface area contributed by atoms with E-state index in [-0.39, 0.29) is 5.91 Å². The first-order valence-corrected chi connectivity index (χ1v) is 7.36. The molecule has 0 aliphatic rings. The Kier molecular flexibility index (Phi) is 3.85. The second kappa shape index (κ2) is 5.81. The molecule has 0 saturated heterocycles. The highest BCUT2D eigenvalue weighted by Gasteiger charge is 2.15. The zero-order valence-corrected chi connectivity index (χ0v) is 13.1. The summed E-state index contributed by atoms with van der Waals surface area (Å²) in [6.45, 7) is 3.11. The number of H-pyrrole nitrogens is 1. The zero-order valence-electron chi connectivity index (χ0n) is 12.4. The van der Waals surface area contributed by atoms with Crippen LogP contribution in [0.5, 0.6) is 0 Å². The van der Waals surface area contributed by atoms with Crippen molar-refractivity contribution in [2.45, 2.75) is 20.0 Å². The average molecular weight is 318 g/mol. The molecule has 0 bridgehead atoms. The van der Waals surface area contributed by atoms with E-state index in [9.17, 15) is 4.79 Å². The number of aromatic nitrogens is 4. The van der Waals surface area contributed by atoms with E-state index in [0.717, 1.165) is 23.4 Å². The smallest absolute Gasteiger partial charge is 0.257 e. The molecule has 7 heteroatoms. The van der Waals surface area contributed by atoms with Gasteiger partial charge >= 0.3 is 0 Å². The maximum absolute atomic E-state index is 12.4. The molecule has 0 spiro atoms. The number of imidazole rings is 1. The van der Waals surface area contributed by atoms with Gasteiger partial charge in [0.05, 0.1) is 29.3 Å². The summed E-state index contributed by atoms with van der Waals surface area (Å²) < 4.78 is 1.73. The third kappa shape index (κ3) is 2.82. The molecular formula is C15H16ClN5O. The minimum atomic E-state index is -0.0850. The molecule has 0 atom stereocenters. The standard InChI is InChI=1S/C15H16ClN5O/c1-3-21-8-10(7-17-21)15(22)20(2)9-14-18-12-5-4-11(16)6-13(12)19-14/h4-8H,3,9H2,1-2H3,(H,18,19). The van der Waals surface area contributed by atoms with Gasteiger partial charge in [-0.2, -0.15) is 5.10 Å². The van der Waals surface area contributed by atoms with Crippen LogP contribution in [0.15, 0.2) is 30.6 Å². The molecule has 114 valence electrons. The van der Waals surface area contributed by atoms with Crippen LogP contribution in [0.4, 0.5) is 0 Å². The first-order valence-electron chi connectivity index (χ1n) is 6.99. The van der Waals surface area contributed by atoms with Crippen molar-refractivity contribution in [3.63, 3.8) is 0 Å². The Bertz CT molecular complexity index is 822. The lowest BCUT2D eigenvalue weighted by atomic mass is 10.3. The Morgan fingerprint density at radius 2 is 2.27 bits per heavy atom. The second-order valence-electron chi connectivity index (χ2n) is 5.09. The molecule has 0 radical (unpaired) electrons. The topological polar surface area (TPSA) is 66.8 Å². The average Bonchev–Trinajstić information content (AvgIpc) is 3.11. The van der Waals surface area contributed by atoms with Gasteiger partial charge in [0.15, 0.2) is 0 Å². The van der Waals surface area contributed by atoms with Crippen molar-refractivity contribution < 1.29 is 4.79 Å². The van der Waals surface area contributed by atoms with E-state index in [1.807, 2.05) is 19.1 Å². The van der Waals surface area contributed by atoms with E-state index in [1.165, 1.54) is 0 Å². The molecule has 3 rings (SSSR count). The van der Waals surface area contributed by atoms with Gasteiger partial charge in [0.25, 0.3) is 5.91 Å². The van der Waals surface area contributed by atoms with Crippen molar-refractivity contribution in [3.05, 3.63) is 47.0 Å². The summed E-state index contributed by atoms with van der Waals surface area (Å²) >= 11 is 5.96. The minimum Gasteiger partial charge on any atom is -0.340 e. The molecule has 0 aliphatic heterocycles. The number of fused-ring (bicyclic) bond motifs is 1. The lowest BCUT2D eigenvalue weighted by Gasteiger charge is -2.14. The predicted octanol–water partition coefficient (Wildman–Crippen LogP) is 2.70. The highest BCUT2D eigenvalue weighted by atomic mass is 35.5. The number of hydrogen-bond acceptors (Lipinski definition) is 3. The summed E-state index contributed by atoms with van der Waals surface area (Å²) in [5.74, 6) is 0.634. The number of hydrogen-bond donors (Lipinski definition) is 1. The van der Waals surface area contributed by atoms with Crippen LogP contribution in [0.2, 0.25) is 5.02 Å². The van der Waals surface area contributed by atoms with Crippen LogP contribution in [0.1, 0.15) is 23.1 Å². The SMILES string of the molecule is CCn1cc(C(=O)N(C)Cc2nc3ccc(Cl)cc3[nH]2)cn1. The molecule has 0 unspecified atom stereocenters. The Balaban J connectivity index is 1.77. The van der Waals surface area contributed by atoms with E-state index in [4.69, 9.17) is 11.6 Å². The van der Waals surface area contributed by atoms with E-state index in [1.54, 1.807) is 35.1 Å². The van der Waals surface area contributed by atoms with Crippen molar-refractivity contribution in [2.24, 2.45) is 0 Å². The van der Waals surface area contributed by atoms with E-state index in [0.29, 0.717) is 17.1 Å². The van der Waals surface area contributed by atoms with Gasteiger partial charge in [-0.3, -0.25) is 9.48 Å². The van der Waals surface area contributed by atoms with Crippen LogP contribution >= 0.6 is 11.6 Å². The van der Waals surface area contributed by atoms with Crippen LogP contribution in [0.3, 0.4) is 0 Å². The summed E-state index contributed by atoms with van der Waals surface area (Å²) in [5, 5.41) is 4.77. The molecule has 22 heavy (non-hydrogen) atoms. The Morgan fingerprint density at radius 3 is 3.00 bits per heavy atom. The maximum atomic E-state index is 12.4. The zero-order chi connectivity index (χ0) is 15.7. The molecule has 0 fully saturated rings. The molecule has 1 amide bonds. The number of aromatic amines is 1. The second-order valence-corrected chi connectivity index (χ2v) is 5.53. The quantitative estimate of drug-likeness (QED) is 0.804. The molecule has 2 heterocycles. The van der Waals surface area contributed by atoms with Gasteiger partial charge in [0.1, 0.15) is 5.82 Å². The molecule has 2 aromatic heterocycles. The molecule has 1 N–H and O–H groups in total. The van der Waals surface area contributed by atoms with Crippen molar-refractivity contribution in [1.29, 1.82) is 0 Å². The van der Waals surface area contributed by atoms with Crippen LogP contribution in [-0.4, -0.2) is 37.6 Å². The summed E-state index contributed by atoms with van der Waals surface area (Å²) in [5.41, 5.74) is 2.27. The normalized spacial score (nSPS) is 11.0. The lowest BCUT2D eigenvalue weighted by molar-refractivity contribution is 0.0782. The highest BCUT2D eigenvalue weighted by Crippen LogP contribution is 2.18. The Hall–Kier alpha value is -2.34. The fraction of sp³-hybridized carbons (Fsp3) is 0.267. The number of halogens is 1. The third-order valence-corrected chi connectivity index (χ3v) is 3.67. The summed E-state index contributed by atoms with van der Waals surface area (Å²) in [6.07, 6.45) is 3.33. The van der Waals surface area contributed by atoms with Gasteiger partial charge in [-0.25, -0.2) is 4.98 Å². The first kappa shape index (κ1) is 14.6. The molecule has 3 aromatic rings. The number of benzene rings is 1. The maximum Gasteiger partial charge on any atom is 0.257 e. The van der Waals surface area contributed by atoms with Crippen molar-refractivity contribution in [1.82, 2.24) is 24.6 Å². The van der Waals surface area contributed by atoms with Gasteiger partial charge in [0.2, 0.25) is 0 Å². The number of nitrogens with one attached hydrogen (secondary N) is 1. The van der Waals surface area contributed by atoms with Gasteiger partial charge < -0.3 is 9.88 Å². The number of carbonyl (C=O) groups excluding carboxylic acids is 1. The van der Waals surface area contributed by atoms with Gasteiger partial charge in [0, 0.05) is 24.8 Å². The summed E-state index contributed by atoms with van der Waals surface area (Å²) in [4.78, 5) is 21.6. The molecule has 0 aliphatic carbocycles. The molecule has 0 saturated carbocycles. The molecular weight excluding hydrogens is 302 g/mol. The number of rotatable bonds is 4. The Morgan fingerprint density at radius 1 is 1.45 bits per heavy atom. The van der Waals surface area contributed by atoms with Crippen LogP contribution in [0, 0.1) is 0 Å². The lowest BCUT2D eigenvalue weighted by Crippen LogP contribution is -2.26. The fourth-order valence-electron chi connectivity index (χ4n) is 2.27. The van der Waals surface area contributed by atoms with E-state index < -0.39 is 0 Å². The van der Waals surface area contributed by atoms with Crippen molar-refractivity contribution >= 4 is 28.5 Å². The predicted molar refractivity (Wildman–Crippen MR) is 84.8 cm³/mol. The van der Waals surface area contributed by atoms with Crippen LogP contribution in [0.25, 0.3) is 11.0 Å². The van der Waals surface area contributed by atoms with Crippen LogP contribution in [-0.2, 0) is 13.1 Å². The summed E-state index contributed by atoms with van der Waals surface area (Å²) in [6, 6.07) is 5.47. The molecule has 6 nitrogen and oxygen atoms in total. The first-order chi connectivity index (χ1) is 10.6. The summed E-state index contributed by atoms with van der Waals surface area (Å²) in [7, 11) is 1.74.